The number of fused-ring (bicyclic) bond motifs is 2. The number of nitrogens with zero attached hydrogens (tertiary/aromatic N) is 1. The molecular weight excluding hydrogens is 340 g/mol. The van der Waals surface area contributed by atoms with Crippen molar-refractivity contribution in [1.29, 1.82) is 0 Å². The second-order valence-electron chi connectivity index (χ2n) is 8.43. The Hall–Kier alpha value is -3.00. The summed E-state index contributed by atoms with van der Waals surface area (Å²) in [6, 6.07) is 19.7. The van der Waals surface area contributed by atoms with Gasteiger partial charge in [-0.1, -0.05) is 80.6 Å². The van der Waals surface area contributed by atoms with Gasteiger partial charge in [0.25, 0.3) is 0 Å². The van der Waals surface area contributed by atoms with Gasteiger partial charge in [0, 0.05) is 34.9 Å². The molecule has 5 rings (SSSR count). The topological polar surface area (TPSA) is 19.0 Å². The fraction of sp³-hybridized carbons (Fsp3) is 0.231. The molecule has 1 aromatic heterocycles. The zero-order chi connectivity index (χ0) is 19.4. The van der Waals surface area contributed by atoms with Crippen LogP contribution >= 0.6 is 0 Å². The van der Waals surface area contributed by atoms with Crippen molar-refractivity contribution >= 4 is 22.2 Å². The van der Waals surface area contributed by atoms with Crippen LogP contribution in [0.1, 0.15) is 31.5 Å². The van der Waals surface area contributed by atoms with Gasteiger partial charge in [-0.15, -0.1) is 0 Å². The molecule has 2 heterocycles. The Labute approximate surface area is 166 Å². The van der Waals surface area contributed by atoms with Gasteiger partial charge < -0.3 is 9.88 Å². The third kappa shape index (κ3) is 2.15. The summed E-state index contributed by atoms with van der Waals surface area (Å²) >= 11 is 0. The van der Waals surface area contributed by atoms with Gasteiger partial charge in [0.05, 0.1) is 5.54 Å². The highest BCUT2D eigenvalue weighted by molar-refractivity contribution is 5.90. The maximum absolute atomic E-state index is 3.70. The first kappa shape index (κ1) is 17.1. The largest absolute Gasteiger partial charge is 0.363 e. The van der Waals surface area contributed by atoms with E-state index in [-0.39, 0.29) is 11.0 Å². The van der Waals surface area contributed by atoms with E-state index < -0.39 is 0 Å². The molecule has 3 aromatic rings. The summed E-state index contributed by atoms with van der Waals surface area (Å²) in [6.45, 7) is 4.79. The summed E-state index contributed by atoms with van der Waals surface area (Å²) < 4.78 is 0. The minimum absolute atomic E-state index is 0.0447. The quantitative estimate of drug-likeness (QED) is 0.540. The molecule has 0 saturated heterocycles. The number of likely N-dealkylation sites (N-methyl/N-ethyl adjacent to an activating group) is 1. The van der Waals surface area contributed by atoms with E-state index in [4.69, 9.17) is 0 Å². The monoisotopic (exact) mass is 366 g/mol. The van der Waals surface area contributed by atoms with Crippen LogP contribution in [0, 0.1) is 0 Å². The third-order valence-corrected chi connectivity index (χ3v) is 6.85. The van der Waals surface area contributed by atoms with E-state index in [0.29, 0.717) is 0 Å². The Kier molecular flexibility index (Phi) is 3.67. The van der Waals surface area contributed by atoms with E-state index in [1.165, 1.54) is 33.4 Å². The number of rotatable bonds is 1. The fourth-order valence-electron chi connectivity index (χ4n) is 5.36. The highest BCUT2D eigenvalue weighted by Gasteiger charge is 2.57. The van der Waals surface area contributed by atoms with Crippen LogP contribution in [-0.2, 0) is 5.41 Å². The Morgan fingerprint density at radius 2 is 1.71 bits per heavy atom. The molecule has 1 aliphatic carbocycles. The van der Waals surface area contributed by atoms with E-state index in [0.717, 1.165) is 6.42 Å². The molecular formula is C26H26N2. The molecule has 0 radical (unpaired) electrons. The summed E-state index contributed by atoms with van der Waals surface area (Å²) in [5.74, 6) is 0. The summed E-state index contributed by atoms with van der Waals surface area (Å²) in [5, 5.41) is 1.26. The van der Waals surface area contributed by atoms with Gasteiger partial charge in [0.1, 0.15) is 0 Å². The first-order valence-corrected chi connectivity index (χ1v) is 10.0. The van der Waals surface area contributed by atoms with Crippen molar-refractivity contribution in [2.45, 2.75) is 31.2 Å². The number of aromatic amines is 1. The molecule has 2 heteroatoms. The molecule has 0 fully saturated rings. The van der Waals surface area contributed by atoms with Crippen LogP contribution < -0.4 is 4.90 Å². The molecule has 1 N–H and O–H groups in total. The van der Waals surface area contributed by atoms with Crippen LogP contribution in [0.2, 0.25) is 0 Å². The van der Waals surface area contributed by atoms with Crippen LogP contribution in [0.25, 0.3) is 16.5 Å². The molecule has 140 valence electrons. The summed E-state index contributed by atoms with van der Waals surface area (Å²) in [5.41, 5.74) is 6.26. The standard InChI is InChI=1S/C26H26N2/c1-25(2)21-14-8-10-16-24(21)28(3)26(25)17-11-5-4-6-13-20(26)23-18-19-12-7-9-15-22(19)27-23/h4-16,18,27H,17H2,1-3H3. The molecule has 1 unspecified atom stereocenters. The van der Waals surface area contributed by atoms with Gasteiger partial charge in [-0.2, -0.15) is 0 Å². The number of aromatic nitrogens is 1. The van der Waals surface area contributed by atoms with Crippen molar-refractivity contribution < 1.29 is 0 Å². The Morgan fingerprint density at radius 1 is 0.929 bits per heavy atom. The zero-order valence-electron chi connectivity index (χ0n) is 16.7. The summed E-state index contributed by atoms with van der Waals surface area (Å²) in [7, 11) is 2.25. The lowest BCUT2D eigenvalue weighted by Gasteiger charge is -2.48. The molecule has 2 aromatic carbocycles. The molecule has 1 atom stereocenters. The SMILES string of the molecule is CN1c2ccccc2C(C)(C)C12CC=CC=CC=C2c1cc2ccccc2[nH]1. The van der Waals surface area contributed by atoms with Crippen molar-refractivity contribution in [3.63, 3.8) is 0 Å². The number of hydrogen-bond donors (Lipinski definition) is 1. The van der Waals surface area contributed by atoms with Crippen LogP contribution in [0.5, 0.6) is 0 Å². The highest BCUT2D eigenvalue weighted by atomic mass is 15.2. The maximum Gasteiger partial charge on any atom is 0.0796 e. The van der Waals surface area contributed by atoms with Crippen LogP contribution in [0.4, 0.5) is 5.69 Å². The van der Waals surface area contributed by atoms with Gasteiger partial charge in [-0.25, -0.2) is 0 Å². The zero-order valence-corrected chi connectivity index (χ0v) is 16.7. The lowest BCUT2D eigenvalue weighted by Crippen LogP contribution is -2.55. The summed E-state index contributed by atoms with van der Waals surface area (Å²) in [6.07, 6.45) is 12.0. The second kappa shape index (κ2) is 6.00. The number of hydrogen-bond acceptors (Lipinski definition) is 1. The van der Waals surface area contributed by atoms with Crippen molar-refractivity contribution in [3.8, 4) is 0 Å². The average molecular weight is 367 g/mol. The van der Waals surface area contributed by atoms with Crippen molar-refractivity contribution in [1.82, 2.24) is 4.98 Å². The number of anilines is 1. The van der Waals surface area contributed by atoms with E-state index in [1.54, 1.807) is 0 Å². The van der Waals surface area contributed by atoms with Gasteiger partial charge in [0.15, 0.2) is 0 Å². The first-order valence-electron chi connectivity index (χ1n) is 10.0. The Bertz CT molecular complexity index is 1110. The minimum atomic E-state index is -0.168. The van der Waals surface area contributed by atoms with Crippen LogP contribution in [0.3, 0.4) is 0 Å². The highest BCUT2D eigenvalue weighted by Crippen LogP contribution is 2.58. The van der Waals surface area contributed by atoms with Gasteiger partial charge in [-0.05, 0) is 35.6 Å². The Balaban J connectivity index is 1.79. The molecule has 0 bridgehead atoms. The molecule has 2 aliphatic rings. The van der Waals surface area contributed by atoms with Crippen LogP contribution in [0.15, 0.2) is 85.0 Å². The minimum Gasteiger partial charge on any atom is -0.363 e. The predicted octanol–water partition coefficient (Wildman–Crippen LogP) is 6.23. The molecule has 0 amide bonds. The number of benzene rings is 2. The molecule has 0 saturated carbocycles. The lowest BCUT2D eigenvalue weighted by molar-refractivity contribution is 0.347. The lowest BCUT2D eigenvalue weighted by atomic mass is 9.63. The fourth-order valence-corrected chi connectivity index (χ4v) is 5.36. The first-order chi connectivity index (χ1) is 13.6. The van der Waals surface area contributed by atoms with E-state index >= 15 is 0 Å². The van der Waals surface area contributed by atoms with Crippen LogP contribution in [-0.4, -0.2) is 17.6 Å². The van der Waals surface area contributed by atoms with E-state index in [2.05, 4.69) is 116 Å². The number of allylic oxidation sites excluding steroid dienone is 4. The second-order valence-corrected chi connectivity index (χ2v) is 8.43. The maximum atomic E-state index is 3.70. The number of para-hydroxylation sites is 2. The van der Waals surface area contributed by atoms with Crippen molar-refractivity contribution in [2.24, 2.45) is 0 Å². The molecule has 1 spiro atoms. The van der Waals surface area contributed by atoms with Gasteiger partial charge in [0.2, 0.25) is 0 Å². The van der Waals surface area contributed by atoms with Crippen molar-refractivity contribution in [2.75, 3.05) is 11.9 Å². The normalized spacial score (nSPS) is 23.0. The predicted molar refractivity (Wildman–Crippen MR) is 120 cm³/mol. The van der Waals surface area contributed by atoms with E-state index in [1.807, 2.05) is 0 Å². The molecule has 2 nitrogen and oxygen atoms in total. The third-order valence-electron chi connectivity index (χ3n) is 6.85. The average Bonchev–Trinajstić information content (AvgIpc) is 3.17. The summed E-state index contributed by atoms with van der Waals surface area (Å²) in [4.78, 5) is 6.20. The smallest absolute Gasteiger partial charge is 0.0796 e. The number of H-pyrrole nitrogens is 1. The van der Waals surface area contributed by atoms with Gasteiger partial charge in [-0.3, -0.25) is 0 Å². The number of nitrogens with one attached hydrogen (secondary N) is 1. The van der Waals surface area contributed by atoms with Gasteiger partial charge >= 0.3 is 0 Å². The molecule has 28 heavy (non-hydrogen) atoms. The molecule has 1 aliphatic heterocycles. The Morgan fingerprint density at radius 3 is 2.54 bits per heavy atom. The van der Waals surface area contributed by atoms with E-state index in [9.17, 15) is 0 Å². The van der Waals surface area contributed by atoms with Crippen molar-refractivity contribution in [3.05, 3.63) is 96.2 Å².